The second-order valence-corrected chi connectivity index (χ2v) is 15.4. The van der Waals surface area contributed by atoms with E-state index < -0.39 is 99.1 Å². The number of esters is 4. The fourth-order valence-corrected chi connectivity index (χ4v) is 10.2. The molecule has 4 aliphatic carbocycles. The Kier molecular flexibility index (Phi) is 7.46. The number of aliphatic hydroxyl groups excluding tert-OH is 1. The molecule has 10 atom stereocenters. The lowest BCUT2D eigenvalue weighted by Gasteiger charge is -2.66. The molecule has 47 heavy (non-hydrogen) atoms. The van der Waals surface area contributed by atoms with Crippen molar-refractivity contribution in [1.29, 1.82) is 0 Å². The Morgan fingerprint density at radius 3 is 2.26 bits per heavy atom. The van der Waals surface area contributed by atoms with Crippen LogP contribution in [0.25, 0.3) is 0 Å². The highest BCUT2D eigenvalue weighted by Gasteiger charge is 2.93. The summed E-state index contributed by atoms with van der Waals surface area (Å²) >= 11 is 0. The average molecular weight is 657 g/mol. The summed E-state index contributed by atoms with van der Waals surface area (Å²) in [6, 6.07) is 1.69. The number of hydrogen-bond donors (Lipinski definition) is 2. The molecule has 6 rings (SSSR count). The van der Waals surface area contributed by atoms with E-state index in [1.54, 1.807) is 47.6 Å². The Hall–Kier alpha value is -3.51. The number of ketones is 1. The van der Waals surface area contributed by atoms with E-state index in [1.807, 2.05) is 6.92 Å². The molecule has 0 unspecified atom stereocenters. The maximum Gasteiger partial charge on any atom is 0.335 e. The van der Waals surface area contributed by atoms with Gasteiger partial charge < -0.3 is 33.6 Å². The molecule has 1 aliphatic heterocycles. The first-order chi connectivity index (χ1) is 21.9. The van der Waals surface area contributed by atoms with Crippen LogP contribution in [0, 0.1) is 39.9 Å². The van der Waals surface area contributed by atoms with E-state index in [0.717, 1.165) is 7.11 Å². The molecule has 1 aromatic heterocycles. The zero-order valence-corrected chi connectivity index (χ0v) is 28.1. The molecule has 256 valence electrons. The van der Waals surface area contributed by atoms with Gasteiger partial charge in [0, 0.05) is 39.7 Å². The van der Waals surface area contributed by atoms with E-state index in [0.29, 0.717) is 24.0 Å². The van der Waals surface area contributed by atoms with Crippen LogP contribution < -0.4 is 0 Å². The van der Waals surface area contributed by atoms with Crippen LogP contribution in [0.2, 0.25) is 0 Å². The van der Waals surface area contributed by atoms with E-state index in [-0.39, 0.29) is 18.4 Å². The summed E-state index contributed by atoms with van der Waals surface area (Å²) in [5.41, 5.74) is -7.23. The van der Waals surface area contributed by atoms with E-state index in [1.165, 1.54) is 12.5 Å². The highest BCUT2D eigenvalue weighted by Crippen LogP contribution is 2.81. The summed E-state index contributed by atoms with van der Waals surface area (Å²) in [5.74, 6) is -6.99. The third kappa shape index (κ3) is 3.97. The van der Waals surface area contributed by atoms with E-state index in [9.17, 15) is 29.4 Å². The fourth-order valence-electron chi connectivity index (χ4n) is 10.2. The van der Waals surface area contributed by atoms with E-state index in [2.05, 4.69) is 0 Å². The molecule has 5 aliphatic rings. The van der Waals surface area contributed by atoms with Gasteiger partial charge in [-0.2, -0.15) is 0 Å². The topological polar surface area (TPSA) is 176 Å². The van der Waals surface area contributed by atoms with Gasteiger partial charge >= 0.3 is 23.9 Å². The Morgan fingerprint density at radius 1 is 1.02 bits per heavy atom. The Morgan fingerprint density at radius 2 is 1.68 bits per heavy atom. The lowest BCUT2D eigenvalue weighted by atomic mass is 9.40. The molecule has 0 spiro atoms. The Balaban J connectivity index is 1.68. The van der Waals surface area contributed by atoms with Crippen molar-refractivity contribution in [3.05, 3.63) is 35.3 Å². The van der Waals surface area contributed by atoms with Gasteiger partial charge in [0.25, 0.3) is 0 Å². The maximum absolute atomic E-state index is 15.3. The zero-order valence-electron chi connectivity index (χ0n) is 28.1. The van der Waals surface area contributed by atoms with Gasteiger partial charge in [0.2, 0.25) is 5.60 Å². The van der Waals surface area contributed by atoms with Gasteiger partial charge in [-0.25, -0.2) is 4.79 Å². The molecular weight excluding hydrogens is 612 g/mol. The molecule has 0 amide bonds. The molecule has 1 aromatic rings. The van der Waals surface area contributed by atoms with Gasteiger partial charge in [-0.3, -0.25) is 19.2 Å². The third-order valence-electron chi connectivity index (χ3n) is 12.3. The lowest BCUT2D eigenvalue weighted by Crippen LogP contribution is -2.80. The van der Waals surface area contributed by atoms with Gasteiger partial charge in [-0.1, -0.05) is 48.5 Å². The number of carbonyl (C=O) groups is 5. The van der Waals surface area contributed by atoms with Crippen molar-refractivity contribution in [2.45, 2.75) is 104 Å². The number of cyclic esters (lactones) is 1. The first-order valence-electron chi connectivity index (χ1n) is 16.3. The smallest absolute Gasteiger partial charge is 0.335 e. The first kappa shape index (κ1) is 33.4. The molecule has 2 bridgehead atoms. The van der Waals surface area contributed by atoms with Gasteiger partial charge in [0.15, 0.2) is 17.5 Å². The number of rotatable bonds is 7. The van der Waals surface area contributed by atoms with Crippen LogP contribution in [0.1, 0.15) is 85.8 Å². The molecular formula is C35H44O12. The summed E-state index contributed by atoms with van der Waals surface area (Å²) in [6.45, 7) is 11.7. The van der Waals surface area contributed by atoms with Crippen LogP contribution in [0.15, 0.2) is 34.2 Å². The quantitative estimate of drug-likeness (QED) is 0.324. The second kappa shape index (κ2) is 10.5. The standard InChI is InChI=1S/C35H44O12/c1-16(2)27(39)46-30-32(6)15-34(47-28(40)17(3)4)33(7,24(32)23(37)29(41)43-8)19-9-11-31(5)20(22(19)25(38)35(30,34)42)13-21(36)45-26(31)18-10-12-44-14-18/h10,12,14,16-17,19,23-24,26,30,37,42H,9,11,13,15H2,1-8H3/t19-,23+,24-,26-,30-,31+,32+,33+,34+,35+/m0/s1. The third-order valence-corrected chi connectivity index (χ3v) is 12.3. The lowest BCUT2D eigenvalue weighted by molar-refractivity contribution is -0.287. The molecule has 2 heterocycles. The monoisotopic (exact) mass is 656 g/mol. The minimum Gasteiger partial charge on any atom is -0.472 e. The summed E-state index contributed by atoms with van der Waals surface area (Å²) in [7, 11) is 1.14. The van der Waals surface area contributed by atoms with Crippen molar-refractivity contribution in [2.24, 2.45) is 39.9 Å². The number of methoxy groups -OCH3 is 1. The van der Waals surface area contributed by atoms with Crippen molar-refractivity contribution in [2.75, 3.05) is 7.11 Å². The number of Topliss-reactive ketones (excluding diaryl/α,β-unsaturated/α-hetero) is 1. The number of hydrogen-bond acceptors (Lipinski definition) is 12. The molecule has 12 heteroatoms. The molecule has 0 aromatic carbocycles. The number of aliphatic hydroxyl groups is 2. The summed E-state index contributed by atoms with van der Waals surface area (Å²) in [4.78, 5) is 68.6. The minimum atomic E-state index is -2.62. The van der Waals surface area contributed by atoms with Crippen molar-refractivity contribution in [3.8, 4) is 0 Å². The molecule has 0 radical (unpaired) electrons. The number of ether oxygens (including phenoxy) is 4. The van der Waals surface area contributed by atoms with Gasteiger partial charge in [-0.15, -0.1) is 0 Å². The second-order valence-electron chi connectivity index (χ2n) is 15.4. The largest absolute Gasteiger partial charge is 0.472 e. The maximum atomic E-state index is 15.3. The molecule has 2 N–H and O–H groups in total. The highest BCUT2D eigenvalue weighted by molar-refractivity contribution is 6.08. The number of fused-ring (bicyclic) bond motifs is 4. The van der Waals surface area contributed by atoms with Gasteiger partial charge in [-0.05, 0) is 30.4 Å². The normalized spacial score (nSPS) is 40.9. The van der Waals surface area contributed by atoms with E-state index >= 15 is 4.79 Å². The van der Waals surface area contributed by atoms with E-state index in [4.69, 9.17) is 23.4 Å². The van der Waals surface area contributed by atoms with Crippen LogP contribution in [0.5, 0.6) is 0 Å². The van der Waals surface area contributed by atoms with Crippen molar-refractivity contribution >= 4 is 29.7 Å². The average Bonchev–Trinajstić information content (AvgIpc) is 3.66. The fraction of sp³-hybridized carbons (Fsp3) is 0.686. The van der Waals surface area contributed by atoms with Crippen molar-refractivity contribution in [1.82, 2.24) is 0 Å². The summed E-state index contributed by atoms with van der Waals surface area (Å²) < 4.78 is 28.6. The van der Waals surface area contributed by atoms with Crippen LogP contribution in [0.3, 0.4) is 0 Å². The SMILES string of the molecule is COC(=O)[C@H](O)[C@H]1[C@@]2(C)C[C@@]3(OC(=O)C(C)C)[C@]1(C)[C@H]1CC[C@]4(C)C(=C1C(=O)[C@@]3(O)[C@H]2OC(=O)C(C)C)CC(=O)O[C@H]4c1ccoc1. The first-order valence-corrected chi connectivity index (χ1v) is 16.3. The van der Waals surface area contributed by atoms with Crippen LogP contribution in [-0.2, 0) is 42.9 Å². The molecule has 12 nitrogen and oxygen atoms in total. The zero-order chi connectivity index (χ0) is 34.6. The van der Waals surface area contributed by atoms with Gasteiger partial charge in [0.05, 0.1) is 37.9 Å². The van der Waals surface area contributed by atoms with Crippen molar-refractivity contribution in [3.63, 3.8) is 0 Å². The number of carbonyl (C=O) groups excluding carboxylic acids is 5. The number of furan rings is 1. The highest BCUT2D eigenvalue weighted by atomic mass is 16.6. The van der Waals surface area contributed by atoms with Gasteiger partial charge in [0.1, 0.15) is 12.2 Å². The molecule has 1 saturated heterocycles. The van der Waals surface area contributed by atoms with Crippen LogP contribution in [0.4, 0.5) is 0 Å². The minimum absolute atomic E-state index is 0.154. The Labute approximate surface area is 273 Å². The van der Waals surface area contributed by atoms with Crippen LogP contribution >= 0.6 is 0 Å². The predicted octanol–water partition coefficient (Wildman–Crippen LogP) is 3.38. The molecule has 4 fully saturated rings. The Bertz CT molecular complexity index is 1570. The van der Waals surface area contributed by atoms with Crippen LogP contribution in [-0.4, -0.2) is 70.4 Å². The predicted molar refractivity (Wildman–Crippen MR) is 161 cm³/mol. The molecule has 3 saturated carbocycles. The summed E-state index contributed by atoms with van der Waals surface area (Å²) in [5, 5.41) is 24.9. The summed E-state index contributed by atoms with van der Waals surface area (Å²) in [6.07, 6.45) is -0.988. The van der Waals surface area contributed by atoms with Crippen molar-refractivity contribution < 1.29 is 57.6 Å².